The van der Waals surface area contributed by atoms with Crippen LogP contribution in [0, 0.1) is 11.8 Å². The third-order valence-electron chi connectivity index (χ3n) is 5.22. The van der Waals surface area contributed by atoms with Crippen LogP contribution in [0.25, 0.3) is 0 Å². The Labute approximate surface area is 155 Å². The molecule has 138 valence electrons. The molecule has 1 aromatic carbocycles. The third-order valence-corrected chi connectivity index (χ3v) is 5.22. The van der Waals surface area contributed by atoms with Crippen molar-refractivity contribution in [1.29, 1.82) is 0 Å². The van der Waals surface area contributed by atoms with E-state index in [0.29, 0.717) is 5.69 Å². The second kappa shape index (κ2) is 8.19. The Bertz CT molecular complexity index is 646. The molecule has 1 aromatic rings. The number of halogens is 1. The summed E-state index contributed by atoms with van der Waals surface area (Å²) in [4.78, 5) is 26.7. The van der Waals surface area contributed by atoms with E-state index in [0.717, 1.165) is 44.3 Å². The Hall–Kier alpha value is -1.59. The van der Waals surface area contributed by atoms with Gasteiger partial charge in [0, 0.05) is 23.8 Å². The predicted octanol–water partition coefficient (Wildman–Crippen LogP) is 3.11. The van der Waals surface area contributed by atoms with E-state index in [4.69, 9.17) is 5.73 Å². The van der Waals surface area contributed by atoms with E-state index in [1.165, 1.54) is 5.56 Å². The van der Waals surface area contributed by atoms with Gasteiger partial charge in [0.25, 0.3) is 0 Å². The largest absolute Gasteiger partial charge is 0.325 e. The van der Waals surface area contributed by atoms with Crippen molar-refractivity contribution in [3.8, 4) is 0 Å². The molecule has 0 radical (unpaired) electrons. The van der Waals surface area contributed by atoms with Gasteiger partial charge in [-0.2, -0.15) is 0 Å². The normalized spacial score (nSPS) is 18.6. The molecule has 1 aliphatic heterocycles. The fraction of sp³-hybridized carbons (Fsp3) is 0.579. The lowest BCUT2D eigenvalue weighted by Crippen LogP contribution is -2.40. The monoisotopic (exact) mass is 365 g/mol. The molecule has 1 heterocycles. The number of amides is 2. The highest BCUT2D eigenvalue weighted by Gasteiger charge is 2.35. The number of nitrogens with one attached hydrogen (secondary N) is 1. The van der Waals surface area contributed by atoms with Crippen molar-refractivity contribution in [3.63, 3.8) is 0 Å². The molecule has 2 amide bonds. The number of aryl methyl sites for hydroxylation is 1. The Morgan fingerprint density at radius 2 is 2.08 bits per heavy atom. The molecule has 0 bridgehead atoms. The molecule has 5 nitrogen and oxygen atoms in total. The lowest BCUT2D eigenvalue weighted by molar-refractivity contribution is -0.120. The van der Waals surface area contributed by atoms with Crippen molar-refractivity contribution in [3.05, 3.63) is 23.8 Å². The SMILES string of the molecule is CCC(C)[C@@H](N)C(=O)Nc1ccc2c(c1)N(C(=O)C1CC1)CCC2.Cl. The molecule has 1 saturated carbocycles. The number of nitrogens with two attached hydrogens (primary N) is 1. The van der Waals surface area contributed by atoms with E-state index in [-0.39, 0.29) is 36.1 Å². The van der Waals surface area contributed by atoms with Gasteiger partial charge in [0.2, 0.25) is 11.8 Å². The lowest BCUT2D eigenvalue weighted by atomic mass is 9.98. The average Bonchev–Trinajstić information content (AvgIpc) is 3.44. The molecular formula is C19H28ClN3O2. The quantitative estimate of drug-likeness (QED) is 0.841. The molecule has 2 aliphatic rings. The Balaban J connectivity index is 0.00000225. The number of hydrogen-bond donors (Lipinski definition) is 2. The molecule has 0 saturated heterocycles. The van der Waals surface area contributed by atoms with Crippen LogP contribution in [0.4, 0.5) is 11.4 Å². The van der Waals surface area contributed by atoms with Gasteiger partial charge in [0.15, 0.2) is 0 Å². The molecule has 2 atom stereocenters. The standard InChI is InChI=1S/C19H27N3O2.ClH/c1-3-12(2)17(20)18(23)21-15-9-8-13-5-4-10-22(16(13)11-15)19(24)14-6-7-14;/h8-9,11-12,14,17H,3-7,10,20H2,1-2H3,(H,21,23);1H/t12?,17-;/m1./s1. The van der Waals surface area contributed by atoms with Gasteiger partial charge in [-0.3, -0.25) is 9.59 Å². The van der Waals surface area contributed by atoms with Crippen molar-refractivity contribution >= 4 is 35.6 Å². The van der Waals surface area contributed by atoms with Crippen LogP contribution >= 0.6 is 12.4 Å². The lowest BCUT2D eigenvalue weighted by Gasteiger charge is -2.30. The summed E-state index contributed by atoms with van der Waals surface area (Å²) in [6, 6.07) is 5.34. The van der Waals surface area contributed by atoms with E-state index in [9.17, 15) is 9.59 Å². The first-order chi connectivity index (χ1) is 11.5. The smallest absolute Gasteiger partial charge is 0.241 e. The molecule has 0 aromatic heterocycles. The van der Waals surface area contributed by atoms with Gasteiger partial charge >= 0.3 is 0 Å². The topological polar surface area (TPSA) is 75.4 Å². The van der Waals surface area contributed by atoms with Crippen LogP contribution in [-0.2, 0) is 16.0 Å². The molecule has 1 fully saturated rings. The summed E-state index contributed by atoms with van der Waals surface area (Å²) in [6.45, 7) is 4.78. The molecule has 1 aliphatic carbocycles. The number of nitrogens with zero attached hydrogens (tertiary/aromatic N) is 1. The highest BCUT2D eigenvalue weighted by atomic mass is 35.5. The minimum Gasteiger partial charge on any atom is -0.325 e. The zero-order chi connectivity index (χ0) is 17.3. The summed E-state index contributed by atoms with van der Waals surface area (Å²) < 4.78 is 0. The van der Waals surface area contributed by atoms with Crippen LogP contribution < -0.4 is 16.0 Å². The Morgan fingerprint density at radius 1 is 1.36 bits per heavy atom. The second-order valence-corrected chi connectivity index (χ2v) is 7.11. The van der Waals surface area contributed by atoms with E-state index < -0.39 is 6.04 Å². The van der Waals surface area contributed by atoms with Crippen molar-refractivity contribution in [2.75, 3.05) is 16.8 Å². The van der Waals surface area contributed by atoms with Gasteiger partial charge in [-0.1, -0.05) is 26.3 Å². The summed E-state index contributed by atoms with van der Waals surface area (Å²) in [5.74, 6) is 0.402. The second-order valence-electron chi connectivity index (χ2n) is 7.11. The summed E-state index contributed by atoms with van der Waals surface area (Å²) in [6.07, 6.45) is 4.85. The first-order valence-electron chi connectivity index (χ1n) is 9.02. The zero-order valence-corrected chi connectivity index (χ0v) is 15.8. The van der Waals surface area contributed by atoms with Crippen molar-refractivity contribution in [2.45, 2.75) is 52.0 Å². The van der Waals surface area contributed by atoms with Gasteiger partial charge in [0.05, 0.1) is 6.04 Å². The number of anilines is 2. The molecule has 3 rings (SSSR count). The maximum Gasteiger partial charge on any atom is 0.241 e. The maximum atomic E-state index is 12.5. The molecule has 3 N–H and O–H groups in total. The number of fused-ring (bicyclic) bond motifs is 1. The predicted molar refractivity (Wildman–Crippen MR) is 103 cm³/mol. The van der Waals surface area contributed by atoms with Crippen molar-refractivity contribution in [2.24, 2.45) is 17.6 Å². The fourth-order valence-corrected chi connectivity index (χ4v) is 3.17. The number of rotatable bonds is 5. The van der Waals surface area contributed by atoms with Crippen LogP contribution in [0.2, 0.25) is 0 Å². The molecule has 0 spiro atoms. The van der Waals surface area contributed by atoms with E-state index >= 15 is 0 Å². The average molecular weight is 366 g/mol. The Kier molecular flexibility index (Phi) is 6.47. The van der Waals surface area contributed by atoms with Crippen LogP contribution in [0.1, 0.15) is 45.1 Å². The van der Waals surface area contributed by atoms with Gasteiger partial charge < -0.3 is 16.0 Å². The summed E-state index contributed by atoms with van der Waals surface area (Å²) >= 11 is 0. The molecule has 25 heavy (non-hydrogen) atoms. The highest BCUT2D eigenvalue weighted by molar-refractivity contribution is 5.99. The summed E-state index contributed by atoms with van der Waals surface area (Å²) in [7, 11) is 0. The van der Waals surface area contributed by atoms with E-state index in [1.807, 2.05) is 36.9 Å². The van der Waals surface area contributed by atoms with Gasteiger partial charge in [-0.05, 0) is 49.3 Å². The van der Waals surface area contributed by atoms with E-state index in [1.54, 1.807) is 0 Å². The molecule has 6 heteroatoms. The van der Waals surface area contributed by atoms with Crippen molar-refractivity contribution in [1.82, 2.24) is 0 Å². The first kappa shape index (κ1) is 19.7. The Morgan fingerprint density at radius 3 is 2.72 bits per heavy atom. The molecule has 1 unspecified atom stereocenters. The summed E-state index contributed by atoms with van der Waals surface area (Å²) in [5, 5.41) is 2.91. The van der Waals surface area contributed by atoms with Crippen LogP contribution in [0.15, 0.2) is 18.2 Å². The minimum absolute atomic E-state index is 0. The summed E-state index contributed by atoms with van der Waals surface area (Å²) in [5.41, 5.74) is 8.85. The van der Waals surface area contributed by atoms with Crippen LogP contribution in [0.5, 0.6) is 0 Å². The van der Waals surface area contributed by atoms with Crippen LogP contribution in [0.3, 0.4) is 0 Å². The van der Waals surface area contributed by atoms with Crippen molar-refractivity contribution < 1.29 is 9.59 Å². The zero-order valence-electron chi connectivity index (χ0n) is 15.0. The van der Waals surface area contributed by atoms with Gasteiger partial charge in [-0.25, -0.2) is 0 Å². The third kappa shape index (κ3) is 4.33. The van der Waals surface area contributed by atoms with Gasteiger partial charge in [0.1, 0.15) is 0 Å². The number of benzene rings is 1. The first-order valence-corrected chi connectivity index (χ1v) is 9.02. The number of carbonyl (C=O) groups is 2. The number of carbonyl (C=O) groups excluding carboxylic acids is 2. The highest BCUT2D eigenvalue weighted by Crippen LogP contribution is 2.36. The van der Waals surface area contributed by atoms with Crippen LogP contribution in [-0.4, -0.2) is 24.4 Å². The fourth-order valence-electron chi connectivity index (χ4n) is 3.17. The van der Waals surface area contributed by atoms with Gasteiger partial charge in [-0.15, -0.1) is 12.4 Å². The van der Waals surface area contributed by atoms with E-state index in [2.05, 4.69) is 5.32 Å². The molecular weight excluding hydrogens is 338 g/mol. The maximum absolute atomic E-state index is 12.5. The number of hydrogen-bond acceptors (Lipinski definition) is 3. The minimum atomic E-state index is -0.518.